The van der Waals surface area contributed by atoms with E-state index in [1.54, 1.807) is 7.11 Å². The molecule has 3 fully saturated rings. The summed E-state index contributed by atoms with van der Waals surface area (Å²) in [5.41, 5.74) is 0.859. The number of hydrogen-bond acceptors (Lipinski definition) is 4. The summed E-state index contributed by atoms with van der Waals surface area (Å²) in [4.78, 5) is 12.9. The van der Waals surface area contributed by atoms with E-state index < -0.39 is 17.1 Å². The van der Waals surface area contributed by atoms with Crippen molar-refractivity contribution >= 4 is 5.78 Å². The van der Waals surface area contributed by atoms with Gasteiger partial charge in [-0.3, -0.25) is 4.79 Å². The van der Waals surface area contributed by atoms with Gasteiger partial charge in [-0.25, -0.2) is 0 Å². The van der Waals surface area contributed by atoms with Crippen LogP contribution in [0.25, 0.3) is 0 Å². The van der Waals surface area contributed by atoms with Gasteiger partial charge in [0, 0.05) is 30.7 Å². The Morgan fingerprint density at radius 3 is 2.89 bits per heavy atom. The van der Waals surface area contributed by atoms with Crippen LogP contribution in [0.2, 0.25) is 0 Å². The number of piperidine rings is 1. The van der Waals surface area contributed by atoms with Crippen molar-refractivity contribution in [1.29, 1.82) is 0 Å². The molecule has 6 rings (SSSR count). The lowest BCUT2D eigenvalue weighted by molar-refractivity contribution is -0.950. The Hall–Kier alpha value is -1.59. The molecule has 2 aliphatic heterocycles. The summed E-state index contributed by atoms with van der Waals surface area (Å²) in [5, 5.41) is 12.3. The zero-order valence-corrected chi connectivity index (χ0v) is 16.2. The molecular weight excluding hydrogens is 342 g/mol. The molecule has 2 bridgehead atoms. The van der Waals surface area contributed by atoms with Crippen LogP contribution in [0.4, 0.5) is 0 Å². The third-order valence-electron chi connectivity index (χ3n) is 8.48. The summed E-state index contributed by atoms with van der Waals surface area (Å²) in [6.45, 7) is 2.16. The van der Waals surface area contributed by atoms with Gasteiger partial charge in [0.15, 0.2) is 23.4 Å². The average Bonchev–Trinajstić information content (AvgIpc) is 3.37. The second-order valence-corrected chi connectivity index (χ2v) is 9.79. The Labute approximate surface area is 159 Å². The molecule has 5 atom stereocenters. The Morgan fingerprint density at radius 2 is 2.15 bits per heavy atom. The van der Waals surface area contributed by atoms with Crippen molar-refractivity contribution < 1.29 is 23.9 Å². The van der Waals surface area contributed by atoms with Gasteiger partial charge in [0.2, 0.25) is 0 Å². The summed E-state index contributed by atoms with van der Waals surface area (Å²) in [7, 11) is 3.98. The first-order valence-corrected chi connectivity index (χ1v) is 10.4. The number of benzene rings is 1. The fourth-order valence-electron chi connectivity index (χ4n) is 7.09. The van der Waals surface area contributed by atoms with Crippen LogP contribution < -0.4 is 9.47 Å². The number of carbonyl (C=O) groups is 1. The summed E-state index contributed by atoms with van der Waals surface area (Å²) in [5.74, 6) is 2.35. The topological polar surface area (TPSA) is 55.8 Å². The molecule has 5 aliphatic rings. The van der Waals surface area contributed by atoms with E-state index >= 15 is 0 Å². The number of rotatable bonds is 3. The van der Waals surface area contributed by atoms with Gasteiger partial charge in [-0.05, 0) is 30.9 Å². The van der Waals surface area contributed by atoms with Gasteiger partial charge < -0.3 is 19.1 Å². The van der Waals surface area contributed by atoms with Crippen LogP contribution in [0.5, 0.6) is 11.5 Å². The summed E-state index contributed by atoms with van der Waals surface area (Å²) >= 11 is 0. The molecule has 144 valence electrons. The SMILES string of the molecule is COc1ccc2c3c1OC1C(=O)CC[C@@]4(O)C(C2)[N+](C)(CC2CC2)CCC314. The maximum atomic E-state index is 12.9. The van der Waals surface area contributed by atoms with Crippen molar-refractivity contribution in [1.82, 2.24) is 0 Å². The number of likely N-dealkylation sites (N-methyl/N-ethyl adjacent to an activating group) is 1. The van der Waals surface area contributed by atoms with Gasteiger partial charge in [0.25, 0.3) is 0 Å². The van der Waals surface area contributed by atoms with Crippen molar-refractivity contribution in [3.63, 3.8) is 0 Å². The standard InChI is InChI=1S/C22H28NO4/c1-23(12-13-3-4-13)10-9-21-18-14-5-6-16(26-2)19(18)27-20(21)15(24)7-8-22(21,25)17(23)11-14/h5-6,13,17,20,25H,3-4,7-12H2,1-2H3/q+1/t17?,20?,21?,22-,23?/m1/s1. The number of Topliss-reactive ketones (excluding diaryl/α,β-unsaturated/α-hetero) is 1. The molecule has 1 aromatic rings. The Bertz CT molecular complexity index is 864. The second-order valence-electron chi connectivity index (χ2n) is 9.79. The molecule has 4 unspecified atom stereocenters. The molecular formula is C22H28NO4+. The van der Waals surface area contributed by atoms with E-state index in [1.807, 2.05) is 6.07 Å². The maximum absolute atomic E-state index is 12.9. The van der Waals surface area contributed by atoms with E-state index in [0.717, 1.165) is 41.9 Å². The highest BCUT2D eigenvalue weighted by Gasteiger charge is 2.76. The Morgan fingerprint density at radius 1 is 1.33 bits per heavy atom. The van der Waals surface area contributed by atoms with E-state index in [-0.39, 0.29) is 11.8 Å². The van der Waals surface area contributed by atoms with E-state index in [4.69, 9.17) is 9.47 Å². The number of nitrogens with zero attached hydrogens (tertiary/aromatic N) is 1. The van der Waals surface area contributed by atoms with Gasteiger partial charge in [-0.15, -0.1) is 0 Å². The number of quaternary nitrogens is 1. The number of ketones is 1. The minimum absolute atomic E-state index is 0.137. The number of carbonyl (C=O) groups excluding carboxylic acids is 1. The van der Waals surface area contributed by atoms with Crippen molar-refractivity contribution in [2.75, 3.05) is 27.2 Å². The predicted molar refractivity (Wildman–Crippen MR) is 99.0 cm³/mol. The quantitative estimate of drug-likeness (QED) is 0.827. The lowest BCUT2D eigenvalue weighted by atomic mass is 9.48. The van der Waals surface area contributed by atoms with E-state index in [1.165, 1.54) is 18.4 Å². The lowest BCUT2D eigenvalue weighted by Crippen LogP contribution is -2.80. The molecule has 2 saturated carbocycles. The highest BCUT2D eigenvalue weighted by molar-refractivity contribution is 5.90. The molecule has 1 N–H and O–H groups in total. The molecule has 3 aliphatic carbocycles. The fourth-order valence-corrected chi connectivity index (χ4v) is 7.09. The molecule has 5 heteroatoms. The molecule has 27 heavy (non-hydrogen) atoms. The van der Waals surface area contributed by atoms with Crippen LogP contribution in [0.1, 0.15) is 43.2 Å². The highest BCUT2D eigenvalue weighted by atomic mass is 16.5. The molecule has 0 amide bonds. The normalized spacial score (nSPS) is 43.9. The first-order chi connectivity index (χ1) is 12.9. The van der Waals surface area contributed by atoms with Gasteiger partial charge in [0.1, 0.15) is 11.6 Å². The van der Waals surface area contributed by atoms with Crippen LogP contribution in [-0.2, 0) is 16.6 Å². The second kappa shape index (κ2) is 4.87. The van der Waals surface area contributed by atoms with Crippen molar-refractivity contribution in [2.45, 2.75) is 61.7 Å². The molecule has 1 spiro atoms. The summed E-state index contributed by atoms with van der Waals surface area (Å²) in [6.07, 6.45) is 4.74. The number of aliphatic hydroxyl groups is 1. The summed E-state index contributed by atoms with van der Waals surface area (Å²) < 4.78 is 12.8. The lowest BCUT2D eigenvalue weighted by Gasteiger charge is -2.64. The van der Waals surface area contributed by atoms with Gasteiger partial charge >= 0.3 is 0 Å². The number of methoxy groups -OCH3 is 1. The van der Waals surface area contributed by atoms with Gasteiger partial charge in [-0.2, -0.15) is 0 Å². The average molecular weight is 370 g/mol. The Balaban J connectivity index is 1.59. The molecule has 1 aromatic carbocycles. The van der Waals surface area contributed by atoms with Crippen LogP contribution in [-0.4, -0.2) is 60.4 Å². The Kier molecular flexibility index (Phi) is 2.95. The zero-order valence-electron chi connectivity index (χ0n) is 16.2. The predicted octanol–water partition coefficient (Wildman–Crippen LogP) is 1.97. The largest absolute Gasteiger partial charge is 0.493 e. The smallest absolute Gasteiger partial charge is 0.174 e. The minimum Gasteiger partial charge on any atom is -0.493 e. The van der Waals surface area contributed by atoms with E-state index in [2.05, 4.69) is 13.1 Å². The number of ether oxygens (including phenoxy) is 2. The molecule has 0 radical (unpaired) electrons. The number of likely N-dealkylation sites (tertiary alicyclic amines) is 1. The minimum atomic E-state index is -0.877. The van der Waals surface area contributed by atoms with Crippen molar-refractivity contribution in [3.8, 4) is 11.5 Å². The first kappa shape index (κ1) is 16.4. The van der Waals surface area contributed by atoms with Crippen LogP contribution in [0.15, 0.2) is 12.1 Å². The molecule has 0 aromatic heterocycles. The molecule has 2 heterocycles. The zero-order chi connectivity index (χ0) is 18.6. The molecule has 5 nitrogen and oxygen atoms in total. The molecule has 1 saturated heterocycles. The van der Waals surface area contributed by atoms with Gasteiger partial charge in [-0.1, -0.05) is 6.07 Å². The summed E-state index contributed by atoms with van der Waals surface area (Å²) in [6, 6.07) is 4.25. The highest BCUT2D eigenvalue weighted by Crippen LogP contribution is 2.66. The van der Waals surface area contributed by atoms with Crippen molar-refractivity contribution in [3.05, 3.63) is 23.3 Å². The fraction of sp³-hybridized carbons (Fsp3) is 0.682. The van der Waals surface area contributed by atoms with E-state index in [0.29, 0.717) is 24.3 Å². The third-order valence-corrected chi connectivity index (χ3v) is 8.48. The van der Waals surface area contributed by atoms with Crippen molar-refractivity contribution in [2.24, 2.45) is 5.92 Å². The maximum Gasteiger partial charge on any atom is 0.174 e. The first-order valence-electron chi connectivity index (χ1n) is 10.4. The third kappa shape index (κ3) is 1.76. The van der Waals surface area contributed by atoms with Crippen LogP contribution >= 0.6 is 0 Å². The number of hydrogen-bond donors (Lipinski definition) is 1. The van der Waals surface area contributed by atoms with Gasteiger partial charge in [0.05, 0.1) is 32.7 Å². The van der Waals surface area contributed by atoms with E-state index in [9.17, 15) is 9.90 Å². The van der Waals surface area contributed by atoms with Crippen LogP contribution in [0, 0.1) is 5.92 Å². The monoisotopic (exact) mass is 370 g/mol. The van der Waals surface area contributed by atoms with Crippen LogP contribution in [0.3, 0.4) is 0 Å².